The van der Waals surface area contributed by atoms with E-state index in [4.69, 9.17) is 0 Å². The van der Waals surface area contributed by atoms with E-state index in [1.54, 1.807) is 0 Å². The van der Waals surface area contributed by atoms with Gasteiger partial charge in [0, 0.05) is 0 Å². The highest BCUT2D eigenvalue weighted by molar-refractivity contribution is 5.24. The predicted octanol–water partition coefficient (Wildman–Crippen LogP) is 7.66. The zero-order chi connectivity index (χ0) is 17.3. The zero-order valence-corrected chi connectivity index (χ0v) is 16.2. The van der Waals surface area contributed by atoms with E-state index in [0.29, 0.717) is 5.41 Å². The Bertz CT molecular complexity index is 475. The SMILES string of the molecule is C=C(C)C1(CCc2ccc(CCCCCCCCCC)cc2)CC1. The molecule has 0 bridgehead atoms. The van der Waals surface area contributed by atoms with Gasteiger partial charge in [0.1, 0.15) is 0 Å². The van der Waals surface area contributed by atoms with Gasteiger partial charge in [-0.15, -0.1) is 0 Å². The van der Waals surface area contributed by atoms with Gasteiger partial charge in [-0.3, -0.25) is 0 Å². The lowest BCUT2D eigenvalue weighted by Crippen LogP contribution is -2.03. The number of benzene rings is 1. The number of hydrogen-bond donors (Lipinski definition) is 0. The van der Waals surface area contributed by atoms with Crippen LogP contribution in [0.2, 0.25) is 0 Å². The van der Waals surface area contributed by atoms with Gasteiger partial charge < -0.3 is 0 Å². The highest BCUT2D eigenvalue weighted by Gasteiger charge is 2.42. The van der Waals surface area contributed by atoms with Crippen molar-refractivity contribution in [2.75, 3.05) is 0 Å². The maximum atomic E-state index is 4.19. The van der Waals surface area contributed by atoms with Gasteiger partial charge in [-0.25, -0.2) is 0 Å². The third-order valence-corrected chi connectivity index (χ3v) is 5.99. The molecule has 1 fully saturated rings. The first-order valence-corrected chi connectivity index (χ1v) is 10.4. The van der Waals surface area contributed by atoms with Crippen LogP contribution in [0.4, 0.5) is 0 Å². The maximum absolute atomic E-state index is 4.19. The van der Waals surface area contributed by atoms with E-state index in [9.17, 15) is 0 Å². The summed E-state index contributed by atoms with van der Waals surface area (Å²) in [6, 6.07) is 9.43. The molecule has 0 aromatic heterocycles. The molecule has 0 nitrogen and oxygen atoms in total. The van der Waals surface area contributed by atoms with Crippen LogP contribution in [0.1, 0.15) is 95.6 Å². The molecule has 24 heavy (non-hydrogen) atoms. The van der Waals surface area contributed by atoms with Gasteiger partial charge in [-0.2, -0.15) is 0 Å². The Hall–Kier alpha value is -1.04. The van der Waals surface area contributed by atoms with Gasteiger partial charge in [-0.05, 0) is 62.0 Å². The van der Waals surface area contributed by atoms with Crippen molar-refractivity contribution in [3.63, 3.8) is 0 Å². The van der Waals surface area contributed by atoms with E-state index >= 15 is 0 Å². The third kappa shape index (κ3) is 6.46. The molecule has 1 aliphatic rings. The van der Waals surface area contributed by atoms with E-state index in [1.165, 1.54) is 100 Å². The lowest BCUT2D eigenvalue weighted by molar-refractivity contribution is 0.550. The van der Waals surface area contributed by atoms with Crippen molar-refractivity contribution in [2.24, 2.45) is 5.41 Å². The van der Waals surface area contributed by atoms with E-state index in [0.717, 1.165) is 0 Å². The second-order valence-corrected chi connectivity index (χ2v) is 8.10. The Kier molecular flexibility index (Phi) is 8.09. The molecule has 0 N–H and O–H groups in total. The van der Waals surface area contributed by atoms with E-state index < -0.39 is 0 Å². The highest BCUT2D eigenvalue weighted by atomic mass is 14.5. The first kappa shape index (κ1) is 19.3. The molecule has 0 unspecified atom stereocenters. The number of hydrogen-bond acceptors (Lipinski definition) is 0. The van der Waals surface area contributed by atoms with Crippen molar-refractivity contribution in [1.29, 1.82) is 0 Å². The molecule has 0 heterocycles. The average Bonchev–Trinajstić information content (AvgIpc) is 3.38. The summed E-state index contributed by atoms with van der Waals surface area (Å²) in [5.41, 5.74) is 4.91. The molecule has 0 spiro atoms. The summed E-state index contributed by atoms with van der Waals surface area (Å²) in [6.07, 6.45) is 17.7. The van der Waals surface area contributed by atoms with Crippen LogP contribution in [-0.2, 0) is 12.8 Å². The van der Waals surface area contributed by atoms with Gasteiger partial charge >= 0.3 is 0 Å². The monoisotopic (exact) mass is 326 g/mol. The first-order chi connectivity index (χ1) is 11.7. The second-order valence-electron chi connectivity index (χ2n) is 8.10. The molecular weight excluding hydrogens is 288 g/mol. The topological polar surface area (TPSA) is 0 Å². The second kappa shape index (κ2) is 10.1. The van der Waals surface area contributed by atoms with Crippen LogP contribution < -0.4 is 0 Å². The van der Waals surface area contributed by atoms with Crippen molar-refractivity contribution < 1.29 is 0 Å². The molecule has 2 rings (SSSR count). The summed E-state index contributed by atoms with van der Waals surface area (Å²) < 4.78 is 0. The van der Waals surface area contributed by atoms with Gasteiger partial charge in [0.15, 0.2) is 0 Å². The Morgan fingerprint density at radius 1 is 0.833 bits per heavy atom. The van der Waals surface area contributed by atoms with Gasteiger partial charge in [0.2, 0.25) is 0 Å². The number of aryl methyl sites for hydroxylation is 2. The molecule has 0 heteroatoms. The minimum absolute atomic E-state index is 0.496. The lowest BCUT2D eigenvalue weighted by atomic mass is 9.90. The molecule has 0 saturated heterocycles. The van der Waals surface area contributed by atoms with Crippen molar-refractivity contribution in [3.8, 4) is 0 Å². The Labute approximate surface area is 150 Å². The molecular formula is C24H38. The predicted molar refractivity (Wildman–Crippen MR) is 108 cm³/mol. The van der Waals surface area contributed by atoms with E-state index in [1.807, 2.05) is 0 Å². The fraction of sp³-hybridized carbons (Fsp3) is 0.667. The molecule has 0 atom stereocenters. The fourth-order valence-electron chi connectivity index (χ4n) is 3.76. The summed E-state index contributed by atoms with van der Waals surface area (Å²) >= 11 is 0. The molecule has 0 amide bonds. The fourth-order valence-corrected chi connectivity index (χ4v) is 3.76. The van der Waals surface area contributed by atoms with Crippen LogP contribution in [0.3, 0.4) is 0 Å². The summed E-state index contributed by atoms with van der Waals surface area (Å²) in [5, 5.41) is 0. The minimum Gasteiger partial charge on any atom is -0.0996 e. The molecule has 1 saturated carbocycles. The molecule has 0 aliphatic heterocycles. The smallest absolute Gasteiger partial charge is 0.00897 e. The standard InChI is InChI=1S/C24H38/c1-4-5-6-7-8-9-10-11-12-22-13-15-23(16-14-22)17-18-24(19-20-24)21(2)3/h13-16H,2,4-12,17-20H2,1,3H3. The number of allylic oxidation sites excluding steroid dienone is 1. The van der Waals surface area contributed by atoms with Gasteiger partial charge in [0.05, 0.1) is 0 Å². The molecule has 1 aromatic rings. The van der Waals surface area contributed by atoms with Crippen molar-refractivity contribution in [2.45, 2.75) is 97.3 Å². The van der Waals surface area contributed by atoms with Crippen LogP contribution in [0.15, 0.2) is 36.4 Å². The molecule has 1 aliphatic carbocycles. The Morgan fingerprint density at radius 2 is 1.33 bits per heavy atom. The third-order valence-electron chi connectivity index (χ3n) is 5.99. The maximum Gasteiger partial charge on any atom is -0.00897 e. The minimum atomic E-state index is 0.496. The van der Waals surface area contributed by atoms with Crippen LogP contribution in [0, 0.1) is 5.41 Å². The lowest BCUT2D eigenvalue weighted by Gasteiger charge is -2.14. The summed E-state index contributed by atoms with van der Waals surface area (Å²) in [4.78, 5) is 0. The quantitative estimate of drug-likeness (QED) is 0.258. The number of rotatable bonds is 13. The largest absolute Gasteiger partial charge is 0.0996 e. The van der Waals surface area contributed by atoms with Gasteiger partial charge in [0.25, 0.3) is 0 Å². The van der Waals surface area contributed by atoms with Crippen LogP contribution in [0.25, 0.3) is 0 Å². The average molecular weight is 327 g/mol. The highest BCUT2D eigenvalue weighted by Crippen LogP contribution is 2.54. The molecule has 0 radical (unpaired) electrons. The van der Waals surface area contributed by atoms with E-state index in [-0.39, 0.29) is 0 Å². The molecule has 134 valence electrons. The van der Waals surface area contributed by atoms with Crippen LogP contribution in [-0.4, -0.2) is 0 Å². The van der Waals surface area contributed by atoms with Crippen LogP contribution in [0.5, 0.6) is 0 Å². The van der Waals surface area contributed by atoms with Crippen molar-refractivity contribution in [3.05, 3.63) is 47.5 Å². The summed E-state index contributed by atoms with van der Waals surface area (Å²) in [5.74, 6) is 0. The molecule has 1 aromatic carbocycles. The summed E-state index contributed by atoms with van der Waals surface area (Å²) in [7, 11) is 0. The zero-order valence-electron chi connectivity index (χ0n) is 16.2. The van der Waals surface area contributed by atoms with Crippen molar-refractivity contribution >= 4 is 0 Å². The summed E-state index contributed by atoms with van der Waals surface area (Å²) in [6.45, 7) is 8.68. The van der Waals surface area contributed by atoms with Crippen molar-refractivity contribution in [1.82, 2.24) is 0 Å². The Morgan fingerprint density at radius 3 is 1.83 bits per heavy atom. The van der Waals surface area contributed by atoms with E-state index in [2.05, 4.69) is 44.7 Å². The van der Waals surface area contributed by atoms with Crippen LogP contribution >= 0.6 is 0 Å². The number of unbranched alkanes of at least 4 members (excludes halogenated alkanes) is 7. The normalized spacial score (nSPS) is 15.4. The van der Waals surface area contributed by atoms with Gasteiger partial charge in [-0.1, -0.05) is 88.3 Å². The Balaban J connectivity index is 1.58. The first-order valence-electron chi connectivity index (χ1n) is 10.4.